The van der Waals surface area contributed by atoms with E-state index in [-0.39, 0.29) is 12.5 Å². The van der Waals surface area contributed by atoms with E-state index in [0.717, 1.165) is 11.1 Å². The maximum Gasteiger partial charge on any atom is 0.270 e. The minimum Gasteiger partial charge on any atom is -0.392 e. The molecule has 1 aromatic carbocycles. The van der Waals surface area contributed by atoms with E-state index in [2.05, 4.69) is 15.4 Å². The van der Waals surface area contributed by atoms with Crippen LogP contribution in [0.3, 0.4) is 0 Å². The Morgan fingerprint density at radius 1 is 1.09 bits per heavy atom. The summed E-state index contributed by atoms with van der Waals surface area (Å²) < 4.78 is 1.60. The highest BCUT2D eigenvalue weighted by Crippen LogP contribution is 2.09. The minimum absolute atomic E-state index is 0.0565. The van der Waals surface area contributed by atoms with E-state index in [4.69, 9.17) is 0 Å². The molecule has 6 nitrogen and oxygen atoms in total. The Kier molecular flexibility index (Phi) is 4.44. The zero-order chi connectivity index (χ0) is 16.1. The fourth-order valence-electron chi connectivity index (χ4n) is 2.23. The number of hydrogen-bond donors (Lipinski definition) is 2. The molecule has 3 rings (SSSR count). The second-order valence-corrected chi connectivity index (χ2v) is 4.94. The standard InChI is InChI=1S/C17H16N4O2/c22-12-14-6-2-1-5-13(14)11-18-17(23)15-7-3-8-16(20-15)21-10-4-9-19-21/h1-10,22H,11-12H2,(H,18,23). The molecular weight excluding hydrogens is 292 g/mol. The first-order chi connectivity index (χ1) is 11.3. The predicted molar refractivity (Wildman–Crippen MR) is 84.9 cm³/mol. The van der Waals surface area contributed by atoms with E-state index in [1.54, 1.807) is 41.3 Å². The number of rotatable bonds is 5. The average Bonchev–Trinajstić information content (AvgIpc) is 3.14. The molecule has 23 heavy (non-hydrogen) atoms. The van der Waals surface area contributed by atoms with Gasteiger partial charge in [0.25, 0.3) is 5.91 Å². The Balaban J connectivity index is 1.72. The van der Waals surface area contributed by atoms with Crippen LogP contribution in [0.15, 0.2) is 60.9 Å². The van der Waals surface area contributed by atoms with Crippen molar-refractivity contribution in [3.05, 3.63) is 77.7 Å². The maximum atomic E-state index is 12.3. The largest absolute Gasteiger partial charge is 0.392 e. The van der Waals surface area contributed by atoms with E-state index < -0.39 is 0 Å². The van der Waals surface area contributed by atoms with E-state index >= 15 is 0 Å². The first-order valence-electron chi connectivity index (χ1n) is 7.21. The third-order valence-corrected chi connectivity index (χ3v) is 3.43. The van der Waals surface area contributed by atoms with Gasteiger partial charge in [-0.1, -0.05) is 30.3 Å². The van der Waals surface area contributed by atoms with Crippen LogP contribution < -0.4 is 5.32 Å². The van der Waals surface area contributed by atoms with Crippen LogP contribution in [0, 0.1) is 0 Å². The number of aliphatic hydroxyl groups is 1. The number of aliphatic hydroxyl groups excluding tert-OH is 1. The lowest BCUT2D eigenvalue weighted by atomic mass is 10.1. The molecule has 0 saturated heterocycles. The highest BCUT2D eigenvalue weighted by molar-refractivity contribution is 5.92. The van der Waals surface area contributed by atoms with Crippen LogP contribution >= 0.6 is 0 Å². The number of nitrogens with zero attached hydrogens (tertiary/aromatic N) is 3. The number of nitrogens with one attached hydrogen (secondary N) is 1. The van der Waals surface area contributed by atoms with Crippen LogP contribution in [0.4, 0.5) is 0 Å². The SMILES string of the molecule is O=C(NCc1ccccc1CO)c1cccc(-n2cccn2)n1. The molecule has 0 radical (unpaired) electrons. The molecule has 2 N–H and O–H groups in total. The average molecular weight is 308 g/mol. The van der Waals surface area contributed by atoms with Gasteiger partial charge in [0.05, 0.1) is 6.61 Å². The molecule has 0 saturated carbocycles. The summed E-state index contributed by atoms with van der Waals surface area (Å²) in [6.45, 7) is 0.280. The molecule has 1 amide bonds. The normalized spacial score (nSPS) is 10.5. The van der Waals surface area contributed by atoms with Gasteiger partial charge < -0.3 is 10.4 Å². The topological polar surface area (TPSA) is 80.0 Å². The molecule has 3 aromatic rings. The van der Waals surface area contributed by atoms with Crippen molar-refractivity contribution in [3.63, 3.8) is 0 Å². The van der Waals surface area contributed by atoms with E-state index in [0.29, 0.717) is 18.1 Å². The summed E-state index contributed by atoms with van der Waals surface area (Å²) in [4.78, 5) is 16.6. The van der Waals surface area contributed by atoms with Gasteiger partial charge in [0.15, 0.2) is 5.82 Å². The predicted octanol–water partition coefficient (Wildman–Crippen LogP) is 1.69. The highest BCUT2D eigenvalue weighted by Gasteiger charge is 2.09. The van der Waals surface area contributed by atoms with Crippen molar-refractivity contribution in [2.24, 2.45) is 0 Å². The van der Waals surface area contributed by atoms with Gasteiger partial charge in [0.1, 0.15) is 5.69 Å². The number of hydrogen-bond acceptors (Lipinski definition) is 4. The number of benzene rings is 1. The molecule has 116 valence electrons. The lowest BCUT2D eigenvalue weighted by molar-refractivity contribution is 0.0945. The Bertz CT molecular complexity index is 800. The quantitative estimate of drug-likeness (QED) is 0.751. The number of aromatic nitrogens is 3. The smallest absolute Gasteiger partial charge is 0.270 e. The summed E-state index contributed by atoms with van der Waals surface area (Å²) in [5, 5.41) is 16.2. The first kappa shape index (κ1) is 14.9. The number of amides is 1. The van der Waals surface area contributed by atoms with Crippen LogP contribution in [0.25, 0.3) is 5.82 Å². The van der Waals surface area contributed by atoms with Gasteiger partial charge in [0, 0.05) is 18.9 Å². The van der Waals surface area contributed by atoms with Crippen LogP contribution in [0.2, 0.25) is 0 Å². The lowest BCUT2D eigenvalue weighted by Crippen LogP contribution is -2.24. The summed E-state index contributed by atoms with van der Waals surface area (Å²) in [5.74, 6) is 0.310. The first-order valence-corrected chi connectivity index (χ1v) is 7.21. The molecule has 2 heterocycles. The lowest BCUT2D eigenvalue weighted by Gasteiger charge is -2.09. The summed E-state index contributed by atoms with van der Waals surface area (Å²) in [6.07, 6.45) is 3.42. The summed E-state index contributed by atoms with van der Waals surface area (Å²) >= 11 is 0. The third-order valence-electron chi connectivity index (χ3n) is 3.43. The van der Waals surface area contributed by atoms with Gasteiger partial charge in [0.2, 0.25) is 0 Å². The number of carbonyl (C=O) groups is 1. The van der Waals surface area contributed by atoms with Crippen LogP contribution in [0.5, 0.6) is 0 Å². The molecule has 0 spiro atoms. The Labute approximate surface area is 133 Å². The monoisotopic (exact) mass is 308 g/mol. The molecule has 0 aliphatic rings. The van der Waals surface area contributed by atoms with Crippen LogP contribution in [0.1, 0.15) is 21.6 Å². The zero-order valence-corrected chi connectivity index (χ0v) is 12.4. The third kappa shape index (κ3) is 3.44. The zero-order valence-electron chi connectivity index (χ0n) is 12.4. The molecule has 6 heteroatoms. The van der Waals surface area contributed by atoms with E-state index in [9.17, 15) is 9.90 Å². The van der Waals surface area contributed by atoms with Crippen molar-refractivity contribution in [2.75, 3.05) is 0 Å². The van der Waals surface area contributed by atoms with E-state index in [1.807, 2.05) is 24.3 Å². The molecule has 2 aromatic heterocycles. The molecular formula is C17H16N4O2. The van der Waals surface area contributed by atoms with Crippen molar-refractivity contribution in [1.29, 1.82) is 0 Å². The van der Waals surface area contributed by atoms with Gasteiger partial charge in [-0.25, -0.2) is 9.67 Å². The molecule has 0 aliphatic carbocycles. The Morgan fingerprint density at radius 2 is 1.91 bits per heavy atom. The highest BCUT2D eigenvalue weighted by atomic mass is 16.3. The Morgan fingerprint density at radius 3 is 2.65 bits per heavy atom. The molecule has 0 unspecified atom stereocenters. The van der Waals surface area contributed by atoms with Gasteiger partial charge >= 0.3 is 0 Å². The van der Waals surface area contributed by atoms with Gasteiger partial charge in [-0.05, 0) is 29.3 Å². The summed E-state index contributed by atoms with van der Waals surface area (Å²) in [7, 11) is 0. The van der Waals surface area contributed by atoms with Crippen molar-refractivity contribution in [1.82, 2.24) is 20.1 Å². The second kappa shape index (κ2) is 6.85. The van der Waals surface area contributed by atoms with Crippen molar-refractivity contribution in [3.8, 4) is 5.82 Å². The number of carbonyl (C=O) groups excluding carboxylic acids is 1. The maximum absolute atomic E-state index is 12.3. The fraction of sp³-hybridized carbons (Fsp3) is 0.118. The Hall–Kier alpha value is -2.99. The van der Waals surface area contributed by atoms with Crippen molar-refractivity contribution in [2.45, 2.75) is 13.2 Å². The van der Waals surface area contributed by atoms with Crippen molar-refractivity contribution < 1.29 is 9.90 Å². The summed E-state index contributed by atoms with van der Waals surface area (Å²) in [5.41, 5.74) is 2.00. The molecule has 0 aliphatic heterocycles. The van der Waals surface area contributed by atoms with Gasteiger partial charge in [-0.3, -0.25) is 4.79 Å². The van der Waals surface area contributed by atoms with E-state index in [1.165, 1.54) is 0 Å². The van der Waals surface area contributed by atoms with Gasteiger partial charge in [-0.15, -0.1) is 0 Å². The minimum atomic E-state index is -0.272. The molecule has 0 bridgehead atoms. The van der Waals surface area contributed by atoms with Crippen LogP contribution in [-0.4, -0.2) is 25.8 Å². The fourth-order valence-corrected chi connectivity index (χ4v) is 2.23. The molecule has 0 atom stereocenters. The molecule has 0 fully saturated rings. The van der Waals surface area contributed by atoms with Crippen molar-refractivity contribution >= 4 is 5.91 Å². The second-order valence-electron chi connectivity index (χ2n) is 4.94. The summed E-state index contributed by atoms with van der Waals surface area (Å²) in [6, 6.07) is 14.4. The van der Waals surface area contributed by atoms with Gasteiger partial charge in [-0.2, -0.15) is 5.10 Å². The van der Waals surface area contributed by atoms with Crippen LogP contribution in [-0.2, 0) is 13.2 Å². The number of pyridine rings is 1.